The largest absolute Gasteiger partial charge is 0.493 e. The first-order chi connectivity index (χ1) is 13.0. The third-order valence-electron chi connectivity index (χ3n) is 4.42. The van der Waals surface area contributed by atoms with Crippen molar-refractivity contribution >= 4 is 29.9 Å². The van der Waals surface area contributed by atoms with E-state index >= 15 is 0 Å². The highest BCUT2D eigenvalue weighted by Crippen LogP contribution is 2.27. The second-order valence-electron chi connectivity index (χ2n) is 6.47. The van der Waals surface area contributed by atoms with Gasteiger partial charge < -0.3 is 24.1 Å². The lowest BCUT2D eigenvalue weighted by Crippen LogP contribution is -2.39. The Morgan fingerprint density at radius 2 is 1.86 bits per heavy atom. The number of methoxy groups -OCH3 is 2. The average molecular weight is 501 g/mol. The van der Waals surface area contributed by atoms with Crippen LogP contribution in [0.25, 0.3) is 0 Å². The van der Waals surface area contributed by atoms with Crippen molar-refractivity contribution in [3.8, 4) is 11.5 Å². The quantitative estimate of drug-likeness (QED) is 0.334. The first kappa shape index (κ1) is 24.1. The van der Waals surface area contributed by atoms with Crippen molar-refractivity contribution in [2.24, 2.45) is 4.99 Å². The first-order valence-corrected chi connectivity index (χ1v) is 9.24. The minimum Gasteiger partial charge on any atom is -0.493 e. The number of nitrogens with one attached hydrogen (secondary N) is 1. The summed E-state index contributed by atoms with van der Waals surface area (Å²) in [5.74, 6) is 4.24. The van der Waals surface area contributed by atoms with Crippen molar-refractivity contribution < 1.29 is 13.9 Å². The van der Waals surface area contributed by atoms with Gasteiger partial charge in [-0.15, -0.1) is 24.0 Å². The normalized spacial score (nSPS) is 11.0. The summed E-state index contributed by atoms with van der Waals surface area (Å²) in [4.78, 5) is 6.90. The number of ether oxygens (including phenoxy) is 2. The zero-order valence-corrected chi connectivity index (χ0v) is 20.0. The molecule has 0 radical (unpaired) electrons. The Kier molecular flexibility index (Phi) is 10.2. The van der Waals surface area contributed by atoms with E-state index in [1.54, 1.807) is 14.2 Å². The molecule has 1 aromatic heterocycles. The molecule has 0 bridgehead atoms. The highest BCUT2D eigenvalue weighted by atomic mass is 127. The smallest absolute Gasteiger partial charge is 0.193 e. The molecule has 0 spiro atoms. The fourth-order valence-corrected chi connectivity index (χ4v) is 2.91. The zero-order valence-electron chi connectivity index (χ0n) is 17.7. The van der Waals surface area contributed by atoms with Crippen molar-refractivity contribution in [2.75, 3.05) is 34.4 Å². The Labute approximate surface area is 185 Å². The number of halogens is 1. The number of aryl methyl sites for hydroxylation is 2. The van der Waals surface area contributed by atoms with Gasteiger partial charge in [0.05, 0.1) is 20.8 Å². The molecule has 0 aliphatic carbocycles. The number of hydrogen-bond acceptors (Lipinski definition) is 4. The standard InChI is InChI=1S/C21H31N3O3.HI/c1-7-22-21(23-14-18-12-15(2)27-16(18)3)24(4)11-10-17-8-9-19(25-5)20(13-17)26-6;/h8-9,12-13H,7,10-11,14H2,1-6H3,(H,22,23);1H. The maximum atomic E-state index is 5.59. The Morgan fingerprint density at radius 3 is 2.43 bits per heavy atom. The summed E-state index contributed by atoms with van der Waals surface area (Å²) in [6.07, 6.45) is 0.880. The van der Waals surface area contributed by atoms with Crippen molar-refractivity contribution in [3.63, 3.8) is 0 Å². The van der Waals surface area contributed by atoms with Gasteiger partial charge in [0.25, 0.3) is 0 Å². The molecule has 7 heteroatoms. The third-order valence-corrected chi connectivity index (χ3v) is 4.42. The fourth-order valence-electron chi connectivity index (χ4n) is 2.91. The van der Waals surface area contributed by atoms with E-state index in [9.17, 15) is 0 Å². The predicted octanol–water partition coefficient (Wildman–Crippen LogP) is 4.17. The highest BCUT2D eigenvalue weighted by Gasteiger charge is 2.10. The molecule has 1 heterocycles. The van der Waals surface area contributed by atoms with Gasteiger partial charge in [0.15, 0.2) is 17.5 Å². The van der Waals surface area contributed by atoms with E-state index in [1.807, 2.05) is 32.0 Å². The number of aliphatic imine (C=N–C) groups is 1. The summed E-state index contributed by atoms with van der Waals surface area (Å²) in [6.45, 7) is 8.27. The fraction of sp³-hybridized carbons (Fsp3) is 0.476. The topological polar surface area (TPSA) is 59.2 Å². The molecule has 0 unspecified atom stereocenters. The van der Waals surface area contributed by atoms with Gasteiger partial charge in [-0.3, -0.25) is 0 Å². The van der Waals surface area contributed by atoms with Crippen LogP contribution in [-0.2, 0) is 13.0 Å². The van der Waals surface area contributed by atoms with Gasteiger partial charge in [0.2, 0.25) is 0 Å². The van der Waals surface area contributed by atoms with Crippen LogP contribution in [-0.4, -0.2) is 45.2 Å². The molecule has 1 aromatic carbocycles. The number of nitrogens with zero attached hydrogens (tertiary/aromatic N) is 2. The van der Waals surface area contributed by atoms with E-state index in [0.29, 0.717) is 6.54 Å². The molecule has 2 rings (SSSR count). The van der Waals surface area contributed by atoms with E-state index in [1.165, 1.54) is 5.56 Å². The number of rotatable bonds is 8. The SMILES string of the molecule is CCNC(=NCc1cc(C)oc1C)N(C)CCc1ccc(OC)c(OC)c1.I. The summed E-state index contributed by atoms with van der Waals surface area (Å²) in [6, 6.07) is 8.08. The van der Waals surface area contributed by atoms with Gasteiger partial charge >= 0.3 is 0 Å². The zero-order chi connectivity index (χ0) is 19.8. The second-order valence-corrected chi connectivity index (χ2v) is 6.47. The summed E-state index contributed by atoms with van der Waals surface area (Å²) >= 11 is 0. The molecule has 0 fully saturated rings. The molecule has 0 aliphatic rings. The molecule has 0 aliphatic heterocycles. The molecule has 28 heavy (non-hydrogen) atoms. The van der Waals surface area contributed by atoms with E-state index < -0.39 is 0 Å². The average Bonchev–Trinajstić information content (AvgIpc) is 2.99. The molecule has 156 valence electrons. The molecular formula is C21H32IN3O3. The number of furan rings is 1. The number of guanidine groups is 1. The Morgan fingerprint density at radius 1 is 1.14 bits per heavy atom. The van der Waals surface area contributed by atoms with Crippen LogP contribution in [0.1, 0.15) is 29.6 Å². The van der Waals surface area contributed by atoms with Crippen LogP contribution >= 0.6 is 24.0 Å². The summed E-state index contributed by atoms with van der Waals surface area (Å²) < 4.78 is 16.3. The highest BCUT2D eigenvalue weighted by molar-refractivity contribution is 14.0. The number of benzene rings is 1. The van der Waals surface area contributed by atoms with Gasteiger partial charge in [-0.05, 0) is 51.0 Å². The molecule has 6 nitrogen and oxygen atoms in total. The summed E-state index contributed by atoms with van der Waals surface area (Å²) in [7, 11) is 5.35. The van der Waals surface area contributed by atoms with Crippen LogP contribution in [0, 0.1) is 13.8 Å². The molecule has 1 N–H and O–H groups in total. The van der Waals surface area contributed by atoms with Crippen LogP contribution < -0.4 is 14.8 Å². The minimum absolute atomic E-state index is 0. The van der Waals surface area contributed by atoms with E-state index in [4.69, 9.17) is 18.9 Å². The lowest BCUT2D eigenvalue weighted by molar-refractivity contribution is 0.354. The van der Waals surface area contributed by atoms with E-state index in [2.05, 4.69) is 30.3 Å². The molecule has 0 atom stereocenters. The van der Waals surface area contributed by atoms with E-state index in [0.717, 1.165) is 54.1 Å². The third kappa shape index (κ3) is 6.61. The number of hydrogen-bond donors (Lipinski definition) is 1. The maximum Gasteiger partial charge on any atom is 0.193 e. The van der Waals surface area contributed by atoms with Crippen molar-refractivity contribution in [3.05, 3.63) is 46.9 Å². The van der Waals surface area contributed by atoms with Crippen molar-refractivity contribution in [1.82, 2.24) is 10.2 Å². The Balaban J connectivity index is 0.00000392. The second kappa shape index (κ2) is 11.8. The van der Waals surface area contributed by atoms with Crippen LogP contribution in [0.2, 0.25) is 0 Å². The Hall–Kier alpha value is -1.90. The van der Waals surface area contributed by atoms with Gasteiger partial charge in [0.1, 0.15) is 11.5 Å². The number of likely N-dealkylation sites (N-methyl/N-ethyl adjacent to an activating group) is 1. The van der Waals surface area contributed by atoms with E-state index in [-0.39, 0.29) is 24.0 Å². The van der Waals surface area contributed by atoms with Gasteiger partial charge in [-0.1, -0.05) is 6.07 Å². The van der Waals surface area contributed by atoms with Gasteiger partial charge in [0, 0.05) is 25.7 Å². The molecular weight excluding hydrogens is 469 g/mol. The van der Waals surface area contributed by atoms with Crippen LogP contribution in [0.3, 0.4) is 0 Å². The molecule has 2 aromatic rings. The van der Waals surface area contributed by atoms with Crippen LogP contribution in [0.15, 0.2) is 33.7 Å². The first-order valence-electron chi connectivity index (χ1n) is 9.24. The molecule has 0 saturated heterocycles. The minimum atomic E-state index is 0. The lowest BCUT2D eigenvalue weighted by Gasteiger charge is -2.22. The van der Waals surface area contributed by atoms with Crippen molar-refractivity contribution in [2.45, 2.75) is 33.7 Å². The lowest BCUT2D eigenvalue weighted by atomic mass is 10.1. The van der Waals surface area contributed by atoms with Gasteiger partial charge in [-0.25, -0.2) is 4.99 Å². The van der Waals surface area contributed by atoms with Crippen LogP contribution in [0.5, 0.6) is 11.5 Å². The summed E-state index contributed by atoms with van der Waals surface area (Å²) in [5, 5.41) is 3.36. The molecule has 0 saturated carbocycles. The monoisotopic (exact) mass is 501 g/mol. The van der Waals surface area contributed by atoms with Gasteiger partial charge in [-0.2, -0.15) is 0 Å². The Bertz CT molecular complexity index is 774. The van der Waals surface area contributed by atoms with Crippen molar-refractivity contribution in [1.29, 1.82) is 0 Å². The van der Waals surface area contributed by atoms with Crippen LogP contribution in [0.4, 0.5) is 0 Å². The summed E-state index contributed by atoms with van der Waals surface area (Å²) in [5.41, 5.74) is 2.31. The predicted molar refractivity (Wildman–Crippen MR) is 124 cm³/mol. The maximum absolute atomic E-state index is 5.59. The molecule has 0 amide bonds.